The van der Waals surface area contributed by atoms with E-state index in [-0.39, 0.29) is 18.0 Å². The van der Waals surface area contributed by atoms with Crippen LogP contribution in [0.25, 0.3) is 0 Å². The van der Waals surface area contributed by atoms with Gasteiger partial charge >= 0.3 is 6.18 Å². The number of hydrogen-bond donors (Lipinski definition) is 3. The van der Waals surface area contributed by atoms with E-state index in [9.17, 15) is 26.7 Å². The molecule has 1 unspecified atom stereocenters. The molecule has 0 fully saturated rings. The monoisotopic (exact) mass is 364 g/mol. The molecule has 0 aliphatic rings. The highest BCUT2D eigenvalue weighted by atomic mass is 32.2. The molecule has 0 aliphatic carbocycles. The summed E-state index contributed by atoms with van der Waals surface area (Å²) in [7, 11) is -4.52. The van der Waals surface area contributed by atoms with Crippen molar-refractivity contribution in [3.63, 3.8) is 0 Å². The van der Waals surface area contributed by atoms with Gasteiger partial charge in [0.25, 0.3) is 0 Å². The Morgan fingerprint density at radius 3 is 2.46 bits per heavy atom. The van der Waals surface area contributed by atoms with Crippen molar-refractivity contribution in [3.05, 3.63) is 47.9 Å². The van der Waals surface area contributed by atoms with Crippen molar-refractivity contribution >= 4 is 15.7 Å². The van der Waals surface area contributed by atoms with E-state index in [1.807, 2.05) is 0 Å². The molecule has 24 heavy (non-hydrogen) atoms. The van der Waals surface area contributed by atoms with Crippen LogP contribution in [0.15, 0.2) is 45.9 Å². The van der Waals surface area contributed by atoms with Crippen molar-refractivity contribution in [2.45, 2.75) is 23.6 Å². The third-order valence-corrected chi connectivity index (χ3v) is 4.25. The predicted octanol–water partition coefficient (Wildman–Crippen LogP) is 2.27. The predicted molar refractivity (Wildman–Crippen MR) is 79.6 cm³/mol. The zero-order chi connectivity index (χ0) is 18.2. The minimum atomic E-state index is -4.90. The summed E-state index contributed by atoms with van der Waals surface area (Å²) in [5, 5.41) is 17.7. The molecule has 1 aromatic heterocycles. The highest BCUT2D eigenvalue weighted by Crippen LogP contribution is 2.35. The zero-order valence-corrected chi connectivity index (χ0v) is 13.3. The number of aliphatic hydroxyl groups is 1. The number of benzene rings is 1. The number of anilines is 1. The number of nitrogens with one attached hydrogen (secondary N) is 1. The second-order valence-corrected chi connectivity index (χ2v) is 6.89. The Morgan fingerprint density at radius 2 is 1.96 bits per heavy atom. The first-order valence-corrected chi connectivity index (χ1v) is 8.20. The van der Waals surface area contributed by atoms with Gasteiger partial charge in [-0.05, 0) is 37.3 Å². The van der Waals surface area contributed by atoms with Gasteiger partial charge in [0.05, 0.1) is 23.3 Å². The molecule has 2 aromatic rings. The van der Waals surface area contributed by atoms with Gasteiger partial charge in [0, 0.05) is 5.69 Å². The first-order chi connectivity index (χ1) is 10.9. The van der Waals surface area contributed by atoms with Gasteiger partial charge < -0.3 is 14.8 Å². The lowest BCUT2D eigenvalue weighted by atomic mass is 10.0. The maximum absolute atomic E-state index is 13.0. The largest absolute Gasteiger partial charge is 0.466 e. The Kier molecular flexibility index (Phi) is 4.66. The molecule has 0 aliphatic heterocycles. The van der Waals surface area contributed by atoms with Gasteiger partial charge in [0.2, 0.25) is 10.0 Å². The van der Waals surface area contributed by atoms with Crippen LogP contribution in [0.1, 0.15) is 18.2 Å². The zero-order valence-electron chi connectivity index (χ0n) is 12.5. The number of alkyl halides is 3. The molecular formula is C14H15F3N2O4S. The Morgan fingerprint density at radius 1 is 1.29 bits per heavy atom. The second kappa shape index (κ2) is 6.11. The van der Waals surface area contributed by atoms with Crippen LogP contribution in [0.5, 0.6) is 0 Å². The Hall–Kier alpha value is -2.04. The van der Waals surface area contributed by atoms with Gasteiger partial charge in [-0.2, -0.15) is 13.2 Å². The fourth-order valence-corrected chi connectivity index (χ4v) is 2.79. The summed E-state index contributed by atoms with van der Waals surface area (Å²) in [4.78, 5) is -1.02. The highest BCUT2D eigenvalue weighted by molar-refractivity contribution is 7.89. The van der Waals surface area contributed by atoms with E-state index < -0.39 is 32.3 Å². The summed E-state index contributed by atoms with van der Waals surface area (Å²) >= 11 is 0. The van der Waals surface area contributed by atoms with E-state index in [4.69, 9.17) is 9.56 Å². The molecule has 0 radical (unpaired) electrons. The quantitative estimate of drug-likeness (QED) is 0.755. The lowest BCUT2D eigenvalue weighted by Crippen LogP contribution is -2.30. The van der Waals surface area contributed by atoms with Gasteiger partial charge in [0.15, 0.2) is 0 Å². The van der Waals surface area contributed by atoms with Crippen LogP contribution >= 0.6 is 0 Å². The normalized spacial score (nSPS) is 15.1. The average molecular weight is 364 g/mol. The standard InChI is InChI=1S/C14H15F3N2O4S/c1-13(20,12-3-2-6-23-12)8-19-9-4-5-11(24(18,21)22)10(7-9)14(15,16)17/h2-7,19-20H,8H2,1H3,(H2,18,21,22). The summed E-state index contributed by atoms with van der Waals surface area (Å²) in [6.45, 7) is 1.26. The fraction of sp³-hybridized carbons (Fsp3) is 0.286. The van der Waals surface area contributed by atoms with Crippen LogP contribution in [0.4, 0.5) is 18.9 Å². The van der Waals surface area contributed by atoms with Crippen molar-refractivity contribution in [1.82, 2.24) is 0 Å². The van der Waals surface area contributed by atoms with E-state index in [1.165, 1.54) is 19.3 Å². The second-order valence-electron chi connectivity index (χ2n) is 5.36. The molecule has 2 rings (SSSR count). The van der Waals surface area contributed by atoms with Gasteiger partial charge in [-0.15, -0.1) is 0 Å². The Balaban J connectivity index is 2.30. The minimum absolute atomic E-state index is 0.0263. The molecule has 4 N–H and O–H groups in total. The molecule has 6 nitrogen and oxygen atoms in total. The topological polar surface area (TPSA) is 106 Å². The smallest absolute Gasteiger partial charge is 0.417 e. The van der Waals surface area contributed by atoms with E-state index in [1.54, 1.807) is 6.07 Å². The Bertz CT molecular complexity index is 815. The van der Waals surface area contributed by atoms with Crippen LogP contribution in [0.3, 0.4) is 0 Å². The van der Waals surface area contributed by atoms with Crippen molar-refractivity contribution in [2.75, 3.05) is 11.9 Å². The third kappa shape index (κ3) is 4.08. The summed E-state index contributed by atoms with van der Waals surface area (Å²) < 4.78 is 66.8. The Labute approximate surface area is 136 Å². The van der Waals surface area contributed by atoms with Crippen LogP contribution in [-0.2, 0) is 21.8 Å². The SMILES string of the molecule is CC(O)(CNc1ccc(S(N)(=O)=O)c(C(F)(F)F)c1)c1ccco1. The van der Waals surface area contributed by atoms with Crippen LogP contribution < -0.4 is 10.5 Å². The van der Waals surface area contributed by atoms with E-state index in [2.05, 4.69) is 5.32 Å². The lowest BCUT2D eigenvalue weighted by molar-refractivity contribution is -0.139. The summed E-state index contributed by atoms with van der Waals surface area (Å²) in [6.07, 6.45) is -3.55. The number of nitrogens with two attached hydrogens (primary N) is 1. The molecule has 0 bridgehead atoms. The fourth-order valence-electron chi connectivity index (χ4n) is 2.06. The highest BCUT2D eigenvalue weighted by Gasteiger charge is 2.37. The summed E-state index contributed by atoms with van der Waals surface area (Å²) in [5.74, 6) is 0.229. The molecular weight excluding hydrogens is 349 g/mol. The molecule has 1 heterocycles. The van der Waals surface area contributed by atoms with Crippen LogP contribution in [0, 0.1) is 0 Å². The van der Waals surface area contributed by atoms with Crippen LogP contribution in [0.2, 0.25) is 0 Å². The molecule has 0 saturated heterocycles. The molecule has 0 spiro atoms. The van der Waals surface area contributed by atoms with Crippen LogP contribution in [-0.4, -0.2) is 20.1 Å². The average Bonchev–Trinajstić information content (AvgIpc) is 2.98. The summed E-state index contributed by atoms with van der Waals surface area (Å²) in [5.41, 5.74) is -2.88. The number of halogens is 3. The lowest BCUT2D eigenvalue weighted by Gasteiger charge is -2.22. The van der Waals surface area contributed by atoms with Crippen molar-refractivity contribution in [2.24, 2.45) is 5.14 Å². The number of rotatable bonds is 5. The van der Waals surface area contributed by atoms with Crippen molar-refractivity contribution in [3.8, 4) is 0 Å². The summed E-state index contributed by atoms with van der Waals surface area (Å²) in [6, 6.07) is 5.60. The van der Waals surface area contributed by atoms with E-state index in [0.717, 1.165) is 12.1 Å². The molecule has 0 amide bonds. The first kappa shape index (κ1) is 18.3. The minimum Gasteiger partial charge on any atom is -0.466 e. The molecule has 1 atom stereocenters. The number of primary sulfonamides is 1. The number of sulfonamides is 1. The van der Waals surface area contributed by atoms with Crippen molar-refractivity contribution < 1.29 is 31.1 Å². The van der Waals surface area contributed by atoms with Gasteiger partial charge in [-0.3, -0.25) is 0 Å². The van der Waals surface area contributed by atoms with Gasteiger partial charge in [0.1, 0.15) is 11.4 Å². The maximum Gasteiger partial charge on any atom is 0.417 e. The van der Waals surface area contributed by atoms with Gasteiger partial charge in [-0.1, -0.05) is 0 Å². The molecule has 10 heteroatoms. The molecule has 132 valence electrons. The maximum atomic E-state index is 13.0. The number of furan rings is 1. The first-order valence-electron chi connectivity index (χ1n) is 6.65. The van der Waals surface area contributed by atoms with E-state index in [0.29, 0.717) is 6.07 Å². The number of hydrogen-bond acceptors (Lipinski definition) is 5. The third-order valence-electron chi connectivity index (χ3n) is 3.28. The van der Waals surface area contributed by atoms with Gasteiger partial charge in [-0.25, -0.2) is 13.6 Å². The van der Waals surface area contributed by atoms with E-state index >= 15 is 0 Å². The molecule has 1 aromatic carbocycles. The van der Waals surface area contributed by atoms with Crippen molar-refractivity contribution in [1.29, 1.82) is 0 Å². The molecule has 0 saturated carbocycles.